The lowest BCUT2D eigenvalue weighted by Gasteiger charge is -2.13. The molecule has 1 atom stereocenters. The number of hydrogen-bond donors (Lipinski definition) is 3. The van der Waals surface area contributed by atoms with Crippen molar-refractivity contribution in [3.8, 4) is 0 Å². The van der Waals surface area contributed by atoms with Crippen molar-refractivity contribution in [2.24, 2.45) is 0 Å². The average Bonchev–Trinajstić information content (AvgIpc) is 2.97. The van der Waals surface area contributed by atoms with Crippen molar-refractivity contribution < 1.29 is 19.5 Å². The molecule has 116 valence electrons. The predicted molar refractivity (Wildman–Crippen MR) is 80.4 cm³/mol. The van der Waals surface area contributed by atoms with Crippen LogP contribution < -0.4 is 10.6 Å². The van der Waals surface area contributed by atoms with Gasteiger partial charge in [-0.2, -0.15) is 0 Å². The summed E-state index contributed by atoms with van der Waals surface area (Å²) in [6.45, 7) is 2.25. The smallest absolute Gasteiger partial charge is 0.326 e. The van der Waals surface area contributed by atoms with E-state index in [9.17, 15) is 14.4 Å². The number of carbonyl (C=O) groups excluding carboxylic acids is 2. The van der Waals surface area contributed by atoms with E-state index in [1.165, 1.54) is 11.3 Å². The summed E-state index contributed by atoms with van der Waals surface area (Å²) in [5, 5.41) is 16.0. The maximum Gasteiger partial charge on any atom is 0.326 e. The third-order valence-corrected chi connectivity index (χ3v) is 3.69. The van der Waals surface area contributed by atoms with E-state index in [-0.39, 0.29) is 18.2 Å². The van der Waals surface area contributed by atoms with E-state index in [1.807, 2.05) is 12.3 Å². The van der Waals surface area contributed by atoms with Crippen molar-refractivity contribution in [2.45, 2.75) is 38.6 Å². The highest BCUT2D eigenvalue weighted by Gasteiger charge is 2.18. The van der Waals surface area contributed by atoms with Gasteiger partial charge < -0.3 is 15.7 Å². The Balaban J connectivity index is 2.21. The van der Waals surface area contributed by atoms with E-state index in [4.69, 9.17) is 5.11 Å². The number of hydrogen-bond acceptors (Lipinski definition) is 4. The Morgan fingerprint density at radius 1 is 1.38 bits per heavy atom. The largest absolute Gasteiger partial charge is 0.480 e. The van der Waals surface area contributed by atoms with Crippen LogP contribution in [0, 0.1) is 0 Å². The molecule has 0 fully saturated rings. The van der Waals surface area contributed by atoms with Gasteiger partial charge in [0, 0.05) is 13.0 Å². The predicted octanol–water partition coefficient (Wildman–Crippen LogP) is 1.63. The fourth-order valence-corrected chi connectivity index (χ4v) is 2.40. The summed E-state index contributed by atoms with van der Waals surface area (Å²) in [6.07, 6.45) is 1.77. The molecule has 0 saturated carbocycles. The fraction of sp³-hybridized carbons (Fsp3) is 0.500. The Morgan fingerprint density at radius 3 is 2.71 bits per heavy atom. The molecule has 0 aliphatic carbocycles. The molecule has 6 nitrogen and oxygen atoms in total. The van der Waals surface area contributed by atoms with E-state index in [0.29, 0.717) is 30.7 Å². The number of rotatable bonds is 9. The molecule has 0 spiro atoms. The number of carbonyl (C=O) groups is 3. The van der Waals surface area contributed by atoms with E-state index in [2.05, 4.69) is 10.6 Å². The quantitative estimate of drug-likeness (QED) is 0.604. The van der Waals surface area contributed by atoms with Crippen molar-refractivity contribution >= 4 is 29.1 Å². The number of aliphatic carboxylic acids is 1. The summed E-state index contributed by atoms with van der Waals surface area (Å²) in [4.78, 5) is 34.8. The minimum Gasteiger partial charge on any atom is -0.480 e. The van der Waals surface area contributed by atoms with Crippen LogP contribution in [0.3, 0.4) is 0 Å². The highest BCUT2D eigenvalue weighted by molar-refractivity contribution is 7.12. The zero-order valence-electron chi connectivity index (χ0n) is 11.9. The Labute approximate surface area is 127 Å². The van der Waals surface area contributed by atoms with Crippen LogP contribution >= 0.6 is 11.3 Å². The van der Waals surface area contributed by atoms with E-state index >= 15 is 0 Å². The van der Waals surface area contributed by atoms with Gasteiger partial charge in [0.25, 0.3) is 5.91 Å². The molecule has 7 heteroatoms. The Bertz CT molecular complexity index is 473. The van der Waals surface area contributed by atoms with Gasteiger partial charge >= 0.3 is 5.97 Å². The summed E-state index contributed by atoms with van der Waals surface area (Å²) in [5.41, 5.74) is 0. The van der Waals surface area contributed by atoms with Crippen LogP contribution in [-0.2, 0) is 9.59 Å². The Morgan fingerprint density at radius 2 is 2.14 bits per heavy atom. The summed E-state index contributed by atoms with van der Waals surface area (Å²) in [6, 6.07) is 2.70. The van der Waals surface area contributed by atoms with Crippen LogP contribution in [0.2, 0.25) is 0 Å². The lowest BCUT2D eigenvalue weighted by atomic mass is 10.1. The van der Waals surface area contributed by atoms with Gasteiger partial charge in [-0.3, -0.25) is 9.59 Å². The monoisotopic (exact) mass is 312 g/mol. The standard InChI is InChI=1S/C14H20N2O4S/c1-2-5-10(14(19)20)16-12(17)7-3-8-15-13(18)11-6-4-9-21-11/h4,6,9-10H,2-3,5,7-8H2,1H3,(H,15,18)(H,16,17)(H,19,20)/t10-/m1/s1. The summed E-state index contributed by atoms with van der Waals surface area (Å²) in [5.74, 6) is -1.47. The molecule has 0 radical (unpaired) electrons. The Hall–Kier alpha value is -1.89. The first-order valence-corrected chi connectivity index (χ1v) is 7.76. The third-order valence-electron chi connectivity index (χ3n) is 2.82. The minimum atomic E-state index is -1.02. The van der Waals surface area contributed by atoms with Crippen LogP contribution in [0.25, 0.3) is 0 Å². The molecule has 1 aromatic rings. The lowest BCUT2D eigenvalue weighted by Crippen LogP contribution is -2.40. The fourth-order valence-electron chi connectivity index (χ4n) is 1.76. The zero-order chi connectivity index (χ0) is 15.7. The van der Waals surface area contributed by atoms with Crippen molar-refractivity contribution in [2.75, 3.05) is 6.54 Å². The van der Waals surface area contributed by atoms with E-state index in [0.717, 1.165) is 0 Å². The van der Waals surface area contributed by atoms with Crippen LogP contribution in [0.1, 0.15) is 42.3 Å². The molecule has 0 aromatic carbocycles. The highest BCUT2D eigenvalue weighted by atomic mass is 32.1. The number of thiophene rings is 1. The first kappa shape index (κ1) is 17.2. The van der Waals surface area contributed by atoms with Crippen LogP contribution in [0.4, 0.5) is 0 Å². The first-order valence-electron chi connectivity index (χ1n) is 6.88. The van der Waals surface area contributed by atoms with Gasteiger partial charge in [-0.1, -0.05) is 19.4 Å². The molecule has 2 amide bonds. The zero-order valence-corrected chi connectivity index (χ0v) is 12.7. The Kier molecular flexibility index (Phi) is 7.45. The topological polar surface area (TPSA) is 95.5 Å². The minimum absolute atomic E-state index is 0.153. The van der Waals surface area contributed by atoms with Crippen LogP contribution in [-0.4, -0.2) is 35.5 Å². The summed E-state index contributed by atoms with van der Waals surface area (Å²) < 4.78 is 0. The van der Waals surface area contributed by atoms with Crippen molar-refractivity contribution in [3.05, 3.63) is 22.4 Å². The van der Waals surface area contributed by atoms with E-state index in [1.54, 1.807) is 12.1 Å². The van der Waals surface area contributed by atoms with Gasteiger partial charge in [-0.15, -0.1) is 11.3 Å². The highest BCUT2D eigenvalue weighted by Crippen LogP contribution is 2.07. The molecule has 3 N–H and O–H groups in total. The second-order valence-electron chi connectivity index (χ2n) is 4.58. The molecule has 0 aliphatic rings. The van der Waals surface area contributed by atoms with Gasteiger partial charge in [-0.25, -0.2) is 4.79 Å². The second-order valence-corrected chi connectivity index (χ2v) is 5.53. The average molecular weight is 312 g/mol. The molecule has 1 heterocycles. The number of carboxylic acid groups (broad SMARTS) is 1. The van der Waals surface area contributed by atoms with Gasteiger partial charge in [0.2, 0.25) is 5.91 Å². The van der Waals surface area contributed by atoms with Crippen molar-refractivity contribution in [1.29, 1.82) is 0 Å². The number of amides is 2. The molecular weight excluding hydrogens is 292 g/mol. The molecule has 0 unspecified atom stereocenters. The molecule has 21 heavy (non-hydrogen) atoms. The van der Waals surface area contributed by atoms with Crippen LogP contribution in [0.5, 0.6) is 0 Å². The number of carboxylic acids is 1. The maximum absolute atomic E-state index is 11.6. The summed E-state index contributed by atoms with van der Waals surface area (Å²) in [7, 11) is 0. The summed E-state index contributed by atoms with van der Waals surface area (Å²) >= 11 is 1.36. The molecule has 1 rings (SSSR count). The van der Waals surface area contributed by atoms with Gasteiger partial charge in [-0.05, 0) is 24.3 Å². The molecule has 0 saturated heterocycles. The van der Waals surface area contributed by atoms with Crippen molar-refractivity contribution in [3.63, 3.8) is 0 Å². The normalized spacial score (nSPS) is 11.7. The van der Waals surface area contributed by atoms with E-state index < -0.39 is 12.0 Å². The van der Waals surface area contributed by atoms with Gasteiger partial charge in [0.1, 0.15) is 6.04 Å². The third kappa shape index (κ3) is 6.40. The molecular formula is C14H20N2O4S. The first-order chi connectivity index (χ1) is 10.0. The van der Waals surface area contributed by atoms with Gasteiger partial charge in [0.15, 0.2) is 0 Å². The van der Waals surface area contributed by atoms with Crippen LogP contribution in [0.15, 0.2) is 17.5 Å². The molecule has 1 aromatic heterocycles. The maximum atomic E-state index is 11.6. The number of nitrogens with one attached hydrogen (secondary N) is 2. The molecule has 0 aliphatic heterocycles. The van der Waals surface area contributed by atoms with Crippen molar-refractivity contribution in [1.82, 2.24) is 10.6 Å². The van der Waals surface area contributed by atoms with Gasteiger partial charge in [0.05, 0.1) is 4.88 Å². The second kappa shape index (κ2) is 9.12. The SMILES string of the molecule is CCC[C@@H](NC(=O)CCCNC(=O)c1cccs1)C(=O)O. The lowest BCUT2D eigenvalue weighted by molar-refractivity contribution is -0.142. The molecule has 0 bridgehead atoms.